The number of carbonyl (C=O) groups excluding carboxylic acids is 1. The van der Waals surface area contributed by atoms with Crippen LogP contribution >= 0.6 is 0 Å². The Morgan fingerprint density at radius 3 is 3.05 bits per heavy atom. The lowest BCUT2D eigenvalue weighted by atomic mass is 10.1. The van der Waals surface area contributed by atoms with Crippen molar-refractivity contribution in [3.05, 3.63) is 29.3 Å². The maximum atomic E-state index is 12.2. The molecular formula is C16H20N2O3. The topological polar surface area (TPSA) is 73.6 Å². The van der Waals surface area contributed by atoms with Crippen LogP contribution in [0.2, 0.25) is 0 Å². The van der Waals surface area contributed by atoms with E-state index >= 15 is 0 Å². The molecule has 1 unspecified atom stereocenters. The summed E-state index contributed by atoms with van der Waals surface area (Å²) in [6.45, 7) is 0.768. The Morgan fingerprint density at radius 1 is 1.52 bits per heavy atom. The Bertz CT molecular complexity index is 579. The first kappa shape index (κ1) is 13.9. The van der Waals surface area contributed by atoms with E-state index in [1.807, 2.05) is 24.3 Å². The summed E-state index contributed by atoms with van der Waals surface area (Å²) in [6, 6.07) is 5.68. The molecular weight excluding hydrogens is 268 g/mol. The van der Waals surface area contributed by atoms with Gasteiger partial charge in [-0.15, -0.1) is 0 Å². The van der Waals surface area contributed by atoms with Gasteiger partial charge in [0.25, 0.3) is 5.91 Å². The number of ether oxygens (including phenoxy) is 2. The number of nitrogens with one attached hydrogen (secondary N) is 1. The van der Waals surface area contributed by atoms with Crippen molar-refractivity contribution in [2.75, 3.05) is 20.3 Å². The maximum absolute atomic E-state index is 12.2. The van der Waals surface area contributed by atoms with E-state index in [2.05, 4.69) is 5.32 Å². The number of fused-ring (bicyclic) bond motifs is 1. The van der Waals surface area contributed by atoms with Crippen LogP contribution in [0.15, 0.2) is 23.8 Å². The third-order valence-corrected chi connectivity index (χ3v) is 3.95. The molecule has 21 heavy (non-hydrogen) atoms. The second-order valence-electron chi connectivity index (χ2n) is 5.55. The zero-order valence-corrected chi connectivity index (χ0v) is 12.1. The fourth-order valence-electron chi connectivity index (χ4n) is 2.49. The van der Waals surface area contributed by atoms with Gasteiger partial charge < -0.3 is 20.5 Å². The van der Waals surface area contributed by atoms with Crippen LogP contribution < -0.4 is 20.5 Å². The minimum atomic E-state index is -0.112. The SMILES string of the molecule is COc1cccc2c1OCC(C(=O)NCC(N)C1CC1)=C2. The third kappa shape index (κ3) is 3.03. The van der Waals surface area contributed by atoms with Gasteiger partial charge in [0.05, 0.1) is 12.7 Å². The molecule has 5 nitrogen and oxygen atoms in total. The van der Waals surface area contributed by atoms with E-state index < -0.39 is 0 Å². The second-order valence-corrected chi connectivity index (χ2v) is 5.55. The molecule has 112 valence electrons. The summed E-state index contributed by atoms with van der Waals surface area (Å²) in [7, 11) is 1.60. The van der Waals surface area contributed by atoms with E-state index in [-0.39, 0.29) is 18.6 Å². The molecule has 1 amide bonds. The number of rotatable bonds is 5. The average molecular weight is 288 g/mol. The first-order valence-corrected chi connectivity index (χ1v) is 7.23. The van der Waals surface area contributed by atoms with Gasteiger partial charge in [0.15, 0.2) is 11.5 Å². The van der Waals surface area contributed by atoms with Crippen molar-refractivity contribution in [3.63, 3.8) is 0 Å². The third-order valence-electron chi connectivity index (χ3n) is 3.95. The molecule has 2 aliphatic rings. The van der Waals surface area contributed by atoms with Crippen molar-refractivity contribution >= 4 is 12.0 Å². The molecule has 5 heteroatoms. The molecule has 0 aromatic heterocycles. The Hall–Kier alpha value is -2.01. The molecule has 1 aromatic carbocycles. The lowest BCUT2D eigenvalue weighted by Crippen LogP contribution is -2.40. The number of amides is 1. The molecule has 1 aromatic rings. The molecule has 0 radical (unpaired) electrons. The number of carbonyl (C=O) groups is 1. The largest absolute Gasteiger partial charge is 0.493 e. The molecule has 1 saturated carbocycles. The van der Waals surface area contributed by atoms with Crippen LogP contribution in [0.1, 0.15) is 18.4 Å². The number of hydrogen-bond donors (Lipinski definition) is 2. The highest BCUT2D eigenvalue weighted by atomic mass is 16.5. The number of para-hydroxylation sites is 1. The summed E-state index contributed by atoms with van der Waals surface area (Å²) >= 11 is 0. The van der Waals surface area contributed by atoms with E-state index in [1.54, 1.807) is 7.11 Å². The van der Waals surface area contributed by atoms with Crippen LogP contribution in [0.3, 0.4) is 0 Å². The van der Waals surface area contributed by atoms with E-state index in [4.69, 9.17) is 15.2 Å². The molecule has 0 bridgehead atoms. The van der Waals surface area contributed by atoms with Crippen molar-refractivity contribution in [2.24, 2.45) is 11.7 Å². The Balaban J connectivity index is 1.68. The van der Waals surface area contributed by atoms with Gasteiger partial charge in [-0.25, -0.2) is 0 Å². The summed E-state index contributed by atoms with van der Waals surface area (Å²) in [5.41, 5.74) is 7.46. The fourth-order valence-corrected chi connectivity index (χ4v) is 2.49. The summed E-state index contributed by atoms with van der Waals surface area (Å²) < 4.78 is 10.9. The van der Waals surface area contributed by atoms with E-state index in [0.29, 0.717) is 29.5 Å². The highest BCUT2D eigenvalue weighted by molar-refractivity contribution is 5.99. The molecule has 0 spiro atoms. The number of methoxy groups -OCH3 is 1. The lowest BCUT2D eigenvalue weighted by Gasteiger charge is -2.20. The predicted molar refractivity (Wildman–Crippen MR) is 80.2 cm³/mol. The highest BCUT2D eigenvalue weighted by Gasteiger charge is 2.29. The van der Waals surface area contributed by atoms with Gasteiger partial charge in [0.1, 0.15) is 6.61 Å². The highest BCUT2D eigenvalue weighted by Crippen LogP contribution is 2.35. The van der Waals surface area contributed by atoms with Crippen LogP contribution in [0, 0.1) is 5.92 Å². The van der Waals surface area contributed by atoms with Crippen molar-refractivity contribution in [2.45, 2.75) is 18.9 Å². The van der Waals surface area contributed by atoms with Crippen LogP contribution in [-0.4, -0.2) is 32.2 Å². The lowest BCUT2D eigenvalue weighted by molar-refractivity contribution is -0.117. The van der Waals surface area contributed by atoms with Gasteiger partial charge in [0.2, 0.25) is 0 Å². The fraction of sp³-hybridized carbons (Fsp3) is 0.438. The smallest absolute Gasteiger partial charge is 0.250 e. The predicted octanol–water partition coefficient (Wildman–Crippen LogP) is 1.32. The molecule has 1 heterocycles. The summed E-state index contributed by atoms with van der Waals surface area (Å²) in [5.74, 6) is 1.83. The zero-order chi connectivity index (χ0) is 14.8. The van der Waals surface area contributed by atoms with Crippen LogP contribution in [0.5, 0.6) is 11.5 Å². The van der Waals surface area contributed by atoms with Crippen LogP contribution in [-0.2, 0) is 4.79 Å². The summed E-state index contributed by atoms with van der Waals surface area (Å²) in [5, 5.41) is 2.89. The quantitative estimate of drug-likeness (QED) is 0.857. The molecule has 0 saturated heterocycles. The van der Waals surface area contributed by atoms with Gasteiger partial charge in [-0.05, 0) is 30.9 Å². The first-order valence-electron chi connectivity index (χ1n) is 7.23. The average Bonchev–Trinajstić information content (AvgIpc) is 3.35. The van der Waals surface area contributed by atoms with E-state index in [9.17, 15) is 4.79 Å². The monoisotopic (exact) mass is 288 g/mol. The minimum absolute atomic E-state index is 0.0615. The standard InChI is InChI=1S/C16H20N2O3/c1-20-14-4-2-3-11-7-12(9-21-15(11)14)16(19)18-8-13(17)10-5-6-10/h2-4,7,10,13H,5-6,8-9,17H2,1H3,(H,18,19). The zero-order valence-electron chi connectivity index (χ0n) is 12.1. The number of hydrogen-bond acceptors (Lipinski definition) is 4. The van der Waals surface area contributed by atoms with E-state index in [0.717, 1.165) is 5.56 Å². The van der Waals surface area contributed by atoms with Gasteiger partial charge >= 0.3 is 0 Å². The second kappa shape index (κ2) is 5.77. The Labute approximate surface area is 124 Å². The molecule has 3 rings (SSSR count). The normalized spacial score (nSPS) is 18.1. The molecule has 3 N–H and O–H groups in total. The Kier molecular flexibility index (Phi) is 3.84. The van der Waals surface area contributed by atoms with Crippen molar-refractivity contribution in [1.82, 2.24) is 5.32 Å². The van der Waals surface area contributed by atoms with Gasteiger partial charge in [-0.2, -0.15) is 0 Å². The van der Waals surface area contributed by atoms with Crippen molar-refractivity contribution in [3.8, 4) is 11.5 Å². The van der Waals surface area contributed by atoms with Crippen LogP contribution in [0.25, 0.3) is 6.08 Å². The van der Waals surface area contributed by atoms with Gasteiger partial charge in [-0.3, -0.25) is 4.79 Å². The summed E-state index contributed by atoms with van der Waals surface area (Å²) in [6.07, 6.45) is 4.20. The minimum Gasteiger partial charge on any atom is -0.493 e. The number of nitrogens with two attached hydrogens (primary N) is 1. The molecule has 1 aliphatic carbocycles. The van der Waals surface area contributed by atoms with Crippen LogP contribution in [0.4, 0.5) is 0 Å². The Morgan fingerprint density at radius 2 is 2.33 bits per heavy atom. The molecule has 1 aliphatic heterocycles. The first-order chi connectivity index (χ1) is 10.2. The number of benzene rings is 1. The molecule has 1 fully saturated rings. The van der Waals surface area contributed by atoms with Gasteiger partial charge in [0, 0.05) is 18.2 Å². The van der Waals surface area contributed by atoms with Crippen molar-refractivity contribution in [1.29, 1.82) is 0 Å². The maximum Gasteiger partial charge on any atom is 0.250 e. The van der Waals surface area contributed by atoms with Gasteiger partial charge in [-0.1, -0.05) is 12.1 Å². The van der Waals surface area contributed by atoms with E-state index in [1.165, 1.54) is 12.8 Å². The molecule has 1 atom stereocenters. The summed E-state index contributed by atoms with van der Waals surface area (Å²) in [4.78, 5) is 12.2. The van der Waals surface area contributed by atoms with Crippen molar-refractivity contribution < 1.29 is 14.3 Å².